The molecule has 3 rings (SSSR count). The fourth-order valence-electron chi connectivity index (χ4n) is 2.21. The van der Waals surface area contributed by atoms with E-state index in [-0.39, 0.29) is 0 Å². The molecule has 0 amide bonds. The smallest absolute Gasteiger partial charge is 0.139 e. The van der Waals surface area contributed by atoms with Gasteiger partial charge in [0, 0.05) is 17.7 Å². The molecule has 1 aliphatic rings. The second kappa shape index (κ2) is 2.99. The molecule has 3 nitrogen and oxygen atoms in total. The first kappa shape index (κ1) is 8.77. The third kappa shape index (κ3) is 1.16. The molecular weight excluding hydrogens is 188 g/mol. The van der Waals surface area contributed by atoms with E-state index >= 15 is 0 Å². The zero-order valence-electron chi connectivity index (χ0n) is 9.08. The van der Waals surface area contributed by atoms with E-state index in [4.69, 9.17) is 4.74 Å². The molecule has 0 unspecified atom stereocenters. The lowest BCUT2D eigenvalue weighted by Gasteiger charge is -2.01. The Morgan fingerprint density at radius 3 is 3.20 bits per heavy atom. The summed E-state index contributed by atoms with van der Waals surface area (Å²) in [4.78, 5) is 4.62. The lowest BCUT2D eigenvalue weighted by Crippen LogP contribution is -1.91. The van der Waals surface area contributed by atoms with Crippen LogP contribution in [-0.4, -0.2) is 16.0 Å². The highest BCUT2D eigenvalue weighted by atomic mass is 16.5. The van der Waals surface area contributed by atoms with Gasteiger partial charge < -0.3 is 9.14 Å². The fourth-order valence-corrected chi connectivity index (χ4v) is 2.21. The lowest BCUT2D eigenvalue weighted by molar-refractivity contribution is 0.355. The molecule has 2 aromatic rings. The summed E-state index contributed by atoms with van der Waals surface area (Å²) in [5.41, 5.74) is 4.74. The van der Waals surface area contributed by atoms with Crippen LogP contribution >= 0.6 is 0 Å². The predicted molar refractivity (Wildman–Crippen MR) is 58.5 cm³/mol. The third-order valence-electron chi connectivity index (χ3n) is 3.11. The molecule has 0 radical (unpaired) electrons. The van der Waals surface area contributed by atoms with Gasteiger partial charge in [0.25, 0.3) is 0 Å². The Bertz CT molecular complexity index is 528. The molecule has 78 valence electrons. The molecule has 0 aliphatic carbocycles. The highest BCUT2D eigenvalue weighted by Crippen LogP contribution is 2.27. The molecule has 0 aromatic carbocycles. The van der Waals surface area contributed by atoms with Gasteiger partial charge in [-0.2, -0.15) is 0 Å². The molecule has 0 N–H and O–H groups in total. The Hall–Kier alpha value is -1.51. The normalized spacial score (nSPS) is 14.3. The van der Waals surface area contributed by atoms with Crippen molar-refractivity contribution in [1.82, 2.24) is 9.38 Å². The summed E-state index contributed by atoms with van der Waals surface area (Å²) < 4.78 is 7.68. The molecule has 3 heteroatoms. The number of rotatable bonds is 1. The van der Waals surface area contributed by atoms with Crippen LogP contribution in [0.5, 0.6) is 5.75 Å². The molecule has 3 heterocycles. The SMILES string of the molecule is CCc1nc2cc3c(cn2c1C)OCC3. The molecule has 0 spiro atoms. The first-order chi connectivity index (χ1) is 7.29. The number of nitrogens with zero attached hydrogens (tertiary/aromatic N) is 2. The molecule has 15 heavy (non-hydrogen) atoms. The van der Waals surface area contributed by atoms with Crippen molar-refractivity contribution >= 4 is 5.65 Å². The highest BCUT2D eigenvalue weighted by molar-refractivity contribution is 5.51. The van der Waals surface area contributed by atoms with Crippen LogP contribution in [0.25, 0.3) is 5.65 Å². The minimum atomic E-state index is 0.808. The number of pyridine rings is 1. The van der Waals surface area contributed by atoms with Gasteiger partial charge in [0.05, 0.1) is 18.5 Å². The van der Waals surface area contributed by atoms with Crippen molar-refractivity contribution in [3.63, 3.8) is 0 Å². The monoisotopic (exact) mass is 202 g/mol. The molecule has 0 fully saturated rings. The van der Waals surface area contributed by atoms with Crippen molar-refractivity contribution in [1.29, 1.82) is 0 Å². The molecule has 0 atom stereocenters. The second-order valence-electron chi connectivity index (χ2n) is 3.99. The van der Waals surface area contributed by atoms with Gasteiger partial charge in [-0.05, 0) is 19.4 Å². The third-order valence-corrected chi connectivity index (χ3v) is 3.11. The Balaban J connectivity index is 2.31. The van der Waals surface area contributed by atoms with Gasteiger partial charge in [-0.15, -0.1) is 0 Å². The van der Waals surface area contributed by atoms with E-state index in [0.29, 0.717) is 0 Å². The van der Waals surface area contributed by atoms with Crippen LogP contribution in [0.2, 0.25) is 0 Å². The topological polar surface area (TPSA) is 26.5 Å². The summed E-state index contributed by atoms with van der Waals surface area (Å²) in [7, 11) is 0. The minimum Gasteiger partial charge on any atom is -0.491 e. The largest absolute Gasteiger partial charge is 0.491 e. The number of ether oxygens (including phenoxy) is 1. The van der Waals surface area contributed by atoms with Crippen LogP contribution in [0.4, 0.5) is 0 Å². The predicted octanol–water partition coefficient (Wildman–Crippen LogP) is 2.14. The molecule has 2 aromatic heterocycles. The van der Waals surface area contributed by atoms with E-state index in [1.807, 2.05) is 0 Å². The lowest BCUT2D eigenvalue weighted by atomic mass is 10.2. The van der Waals surface area contributed by atoms with Crippen LogP contribution in [-0.2, 0) is 12.8 Å². The second-order valence-corrected chi connectivity index (χ2v) is 3.99. The van der Waals surface area contributed by atoms with E-state index < -0.39 is 0 Å². The van der Waals surface area contributed by atoms with E-state index in [1.165, 1.54) is 17.0 Å². The maximum atomic E-state index is 5.56. The summed E-state index contributed by atoms with van der Waals surface area (Å²) in [5.74, 6) is 1.02. The maximum absolute atomic E-state index is 5.56. The van der Waals surface area contributed by atoms with Gasteiger partial charge in [0.1, 0.15) is 11.4 Å². The van der Waals surface area contributed by atoms with Gasteiger partial charge in [0.2, 0.25) is 0 Å². The van der Waals surface area contributed by atoms with E-state index in [2.05, 4.69) is 35.5 Å². The van der Waals surface area contributed by atoms with E-state index in [1.54, 1.807) is 0 Å². The van der Waals surface area contributed by atoms with Crippen molar-refractivity contribution in [2.24, 2.45) is 0 Å². The van der Waals surface area contributed by atoms with Gasteiger partial charge in [-0.25, -0.2) is 4.98 Å². The Morgan fingerprint density at radius 2 is 2.40 bits per heavy atom. The van der Waals surface area contributed by atoms with Gasteiger partial charge in [-0.1, -0.05) is 6.92 Å². The number of aromatic nitrogens is 2. The summed E-state index contributed by atoms with van der Waals surface area (Å²) in [6, 6.07) is 2.15. The first-order valence-electron chi connectivity index (χ1n) is 5.43. The van der Waals surface area contributed by atoms with E-state index in [9.17, 15) is 0 Å². The number of fused-ring (bicyclic) bond motifs is 2. The number of aryl methyl sites for hydroxylation is 2. The molecule has 1 aliphatic heterocycles. The van der Waals surface area contributed by atoms with Crippen LogP contribution in [0.3, 0.4) is 0 Å². The Labute approximate surface area is 88.7 Å². The van der Waals surface area contributed by atoms with Crippen molar-refractivity contribution in [3.05, 3.63) is 29.2 Å². The number of imidazole rings is 1. The molecular formula is C12H14N2O. The highest BCUT2D eigenvalue weighted by Gasteiger charge is 2.15. The number of hydrogen-bond donors (Lipinski definition) is 0. The van der Waals surface area contributed by atoms with Crippen LogP contribution in [0.1, 0.15) is 23.9 Å². The van der Waals surface area contributed by atoms with Crippen molar-refractivity contribution < 1.29 is 4.74 Å². The molecule has 0 bridgehead atoms. The average molecular weight is 202 g/mol. The summed E-state index contributed by atoms with van der Waals surface area (Å²) in [6.45, 7) is 5.06. The Morgan fingerprint density at radius 1 is 1.53 bits per heavy atom. The number of hydrogen-bond acceptors (Lipinski definition) is 2. The van der Waals surface area contributed by atoms with Crippen LogP contribution in [0.15, 0.2) is 12.3 Å². The molecule has 0 saturated carbocycles. The zero-order valence-corrected chi connectivity index (χ0v) is 9.08. The van der Waals surface area contributed by atoms with Crippen molar-refractivity contribution in [3.8, 4) is 5.75 Å². The summed E-state index contributed by atoms with van der Waals surface area (Å²) in [5, 5.41) is 0. The quantitative estimate of drug-likeness (QED) is 0.708. The van der Waals surface area contributed by atoms with Crippen molar-refractivity contribution in [2.75, 3.05) is 6.61 Å². The van der Waals surface area contributed by atoms with Crippen molar-refractivity contribution in [2.45, 2.75) is 26.7 Å². The van der Waals surface area contributed by atoms with Crippen LogP contribution < -0.4 is 4.74 Å². The fraction of sp³-hybridized carbons (Fsp3) is 0.417. The average Bonchev–Trinajstić information content (AvgIpc) is 2.80. The van der Waals surface area contributed by atoms with E-state index in [0.717, 1.165) is 30.8 Å². The van der Waals surface area contributed by atoms with Crippen LogP contribution in [0, 0.1) is 6.92 Å². The van der Waals surface area contributed by atoms with Gasteiger partial charge >= 0.3 is 0 Å². The standard InChI is InChI=1S/C12H14N2O/c1-3-10-8(2)14-7-11-9(4-5-15-11)6-12(14)13-10/h6-7H,3-5H2,1-2H3. The van der Waals surface area contributed by atoms with Gasteiger partial charge in [-0.3, -0.25) is 0 Å². The Kier molecular flexibility index (Phi) is 1.75. The zero-order chi connectivity index (χ0) is 10.4. The minimum absolute atomic E-state index is 0.808. The first-order valence-corrected chi connectivity index (χ1v) is 5.43. The summed E-state index contributed by atoms with van der Waals surface area (Å²) >= 11 is 0. The summed E-state index contributed by atoms with van der Waals surface area (Å²) in [6.07, 6.45) is 4.07. The van der Waals surface area contributed by atoms with Gasteiger partial charge in [0.15, 0.2) is 0 Å². The molecule has 0 saturated heterocycles. The maximum Gasteiger partial charge on any atom is 0.139 e.